The molecule has 148 valence electrons. The van der Waals surface area contributed by atoms with Crippen LogP contribution in [0.5, 0.6) is 5.75 Å². The summed E-state index contributed by atoms with van der Waals surface area (Å²) in [5.74, 6) is 0.698. The molecule has 0 aliphatic rings. The minimum Gasteiger partial charge on any atom is -0.507 e. The fourth-order valence-corrected chi connectivity index (χ4v) is 4.17. The molecule has 4 nitrogen and oxygen atoms in total. The maximum atomic E-state index is 13.4. The van der Waals surface area contributed by atoms with Crippen molar-refractivity contribution >= 4 is 11.3 Å². The van der Waals surface area contributed by atoms with Crippen LogP contribution in [0.1, 0.15) is 48.7 Å². The SMILES string of the molecule is CCCCCCc1c(C)nc(-c2ccccc2O)n(CCc2cccs2)c1=O. The lowest BCUT2D eigenvalue weighted by molar-refractivity contribution is 0.476. The molecular formula is C23H28N2O2S. The number of aryl methyl sites for hydroxylation is 2. The Morgan fingerprint density at radius 3 is 2.61 bits per heavy atom. The minimum absolute atomic E-state index is 0.0267. The lowest BCUT2D eigenvalue weighted by atomic mass is 10.1. The van der Waals surface area contributed by atoms with Crippen molar-refractivity contribution in [1.82, 2.24) is 9.55 Å². The predicted octanol–water partition coefficient (Wildman–Crippen LogP) is 5.35. The number of rotatable bonds is 9. The van der Waals surface area contributed by atoms with Gasteiger partial charge in [-0.3, -0.25) is 9.36 Å². The Labute approximate surface area is 170 Å². The molecule has 0 aliphatic heterocycles. The zero-order valence-electron chi connectivity index (χ0n) is 16.6. The van der Waals surface area contributed by atoms with Gasteiger partial charge in [0.15, 0.2) is 0 Å². The number of unbranched alkanes of at least 4 members (excludes halogenated alkanes) is 3. The van der Waals surface area contributed by atoms with Gasteiger partial charge in [-0.25, -0.2) is 4.98 Å². The van der Waals surface area contributed by atoms with Crippen LogP contribution in [0.3, 0.4) is 0 Å². The van der Waals surface area contributed by atoms with Crippen molar-refractivity contribution in [3.05, 3.63) is 68.3 Å². The van der Waals surface area contributed by atoms with E-state index in [1.165, 1.54) is 17.7 Å². The molecule has 28 heavy (non-hydrogen) atoms. The minimum atomic E-state index is 0.0267. The zero-order chi connectivity index (χ0) is 19.9. The first-order chi connectivity index (χ1) is 13.6. The van der Waals surface area contributed by atoms with Crippen molar-refractivity contribution in [2.24, 2.45) is 0 Å². The molecular weight excluding hydrogens is 368 g/mol. The lowest BCUT2D eigenvalue weighted by Crippen LogP contribution is -2.29. The second kappa shape index (κ2) is 9.69. The van der Waals surface area contributed by atoms with E-state index in [1.807, 2.05) is 25.1 Å². The van der Waals surface area contributed by atoms with Crippen LogP contribution >= 0.6 is 11.3 Å². The van der Waals surface area contributed by atoms with E-state index in [0.717, 1.165) is 36.9 Å². The molecule has 1 N–H and O–H groups in total. The van der Waals surface area contributed by atoms with Crippen LogP contribution in [0.25, 0.3) is 11.4 Å². The highest BCUT2D eigenvalue weighted by Gasteiger charge is 2.17. The number of nitrogens with zero attached hydrogens (tertiary/aromatic N) is 2. The largest absolute Gasteiger partial charge is 0.507 e. The van der Waals surface area contributed by atoms with Gasteiger partial charge in [-0.15, -0.1) is 11.3 Å². The van der Waals surface area contributed by atoms with E-state index in [-0.39, 0.29) is 11.3 Å². The van der Waals surface area contributed by atoms with E-state index >= 15 is 0 Å². The van der Waals surface area contributed by atoms with Crippen LogP contribution in [0.15, 0.2) is 46.6 Å². The fourth-order valence-electron chi connectivity index (χ4n) is 3.47. The second-order valence-corrected chi connectivity index (χ2v) is 8.15. The molecule has 0 saturated heterocycles. The van der Waals surface area contributed by atoms with Gasteiger partial charge in [-0.2, -0.15) is 0 Å². The highest BCUT2D eigenvalue weighted by atomic mass is 32.1. The second-order valence-electron chi connectivity index (χ2n) is 7.11. The van der Waals surface area contributed by atoms with Crippen LogP contribution < -0.4 is 5.56 Å². The Morgan fingerprint density at radius 2 is 1.89 bits per heavy atom. The fraction of sp³-hybridized carbons (Fsp3) is 0.391. The third kappa shape index (κ3) is 4.71. The first-order valence-electron chi connectivity index (χ1n) is 10.0. The van der Waals surface area contributed by atoms with E-state index in [0.29, 0.717) is 17.9 Å². The van der Waals surface area contributed by atoms with Crippen LogP contribution in [0.4, 0.5) is 0 Å². The molecule has 0 fully saturated rings. The normalized spacial score (nSPS) is 11.1. The van der Waals surface area contributed by atoms with Crippen molar-refractivity contribution in [3.8, 4) is 17.1 Å². The van der Waals surface area contributed by atoms with Gasteiger partial charge in [0, 0.05) is 22.7 Å². The van der Waals surface area contributed by atoms with Gasteiger partial charge in [-0.1, -0.05) is 44.4 Å². The Balaban J connectivity index is 2.00. The summed E-state index contributed by atoms with van der Waals surface area (Å²) in [7, 11) is 0. The van der Waals surface area contributed by atoms with Crippen molar-refractivity contribution in [3.63, 3.8) is 0 Å². The van der Waals surface area contributed by atoms with Gasteiger partial charge in [-0.05, 0) is 49.8 Å². The highest BCUT2D eigenvalue weighted by Crippen LogP contribution is 2.27. The Hall–Kier alpha value is -2.40. The monoisotopic (exact) mass is 396 g/mol. The maximum absolute atomic E-state index is 13.4. The number of thiophene rings is 1. The molecule has 2 heterocycles. The molecule has 3 aromatic rings. The van der Waals surface area contributed by atoms with Gasteiger partial charge in [0.25, 0.3) is 5.56 Å². The summed E-state index contributed by atoms with van der Waals surface area (Å²) in [4.78, 5) is 19.4. The molecule has 3 rings (SSSR count). The number of phenols is 1. The first kappa shape index (κ1) is 20.3. The summed E-state index contributed by atoms with van der Waals surface area (Å²) in [5, 5.41) is 12.4. The van der Waals surface area contributed by atoms with E-state index in [1.54, 1.807) is 28.0 Å². The summed E-state index contributed by atoms with van der Waals surface area (Å²) in [5.41, 5.74) is 2.21. The Kier molecular flexibility index (Phi) is 7.04. The smallest absolute Gasteiger partial charge is 0.257 e. The quantitative estimate of drug-likeness (QED) is 0.496. The topological polar surface area (TPSA) is 55.1 Å². The molecule has 5 heteroatoms. The van der Waals surface area contributed by atoms with Gasteiger partial charge in [0.2, 0.25) is 0 Å². The van der Waals surface area contributed by atoms with Gasteiger partial charge < -0.3 is 5.11 Å². The van der Waals surface area contributed by atoms with E-state index < -0.39 is 0 Å². The number of phenolic OH excluding ortho intramolecular Hbond substituents is 1. The van der Waals surface area contributed by atoms with Gasteiger partial charge in [0.05, 0.1) is 5.56 Å². The maximum Gasteiger partial charge on any atom is 0.257 e. The van der Waals surface area contributed by atoms with Crippen LogP contribution in [0.2, 0.25) is 0 Å². The summed E-state index contributed by atoms with van der Waals surface area (Å²) >= 11 is 1.69. The van der Waals surface area contributed by atoms with Crippen LogP contribution in [-0.2, 0) is 19.4 Å². The van der Waals surface area contributed by atoms with Crippen LogP contribution in [0, 0.1) is 6.92 Å². The highest BCUT2D eigenvalue weighted by molar-refractivity contribution is 7.09. The summed E-state index contributed by atoms with van der Waals surface area (Å²) in [6, 6.07) is 11.2. The van der Waals surface area contributed by atoms with Gasteiger partial charge in [0.1, 0.15) is 11.6 Å². The van der Waals surface area contributed by atoms with E-state index in [4.69, 9.17) is 4.98 Å². The van der Waals surface area contributed by atoms with E-state index in [9.17, 15) is 9.90 Å². The average molecular weight is 397 g/mol. The summed E-state index contributed by atoms with van der Waals surface area (Å²) in [6.07, 6.45) is 6.04. The predicted molar refractivity (Wildman–Crippen MR) is 116 cm³/mol. The Bertz CT molecular complexity index is 961. The molecule has 0 amide bonds. The zero-order valence-corrected chi connectivity index (χ0v) is 17.5. The van der Waals surface area contributed by atoms with Crippen LogP contribution in [-0.4, -0.2) is 14.7 Å². The number of benzene rings is 1. The third-order valence-corrected chi connectivity index (χ3v) is 5.99. The lowest BCUT2D eigenvalue weighted by Gasteiger charge is -2.16. The van der Waals surface area contributed by atoms with Crippen molar-refractivity contribution in [2.45, 2.75) is 58.9 Å². The summed E-state index contributed by atoms with van der Waals surface area (Å²) < 4.78 is 1.75. The van der Waals surface area contributed by atoms with Crippen molar-refractivity contribution in [1.29, 1.82) is 0 Å². The summed E-state index contributed by atoms with van der Waals surface area (Å²) in [6.45, 7) is 4.65. The first-order valence-corrected chi connectivity index (χ1v) is 10.9. The molecule has 0 atom stereocenters. The molecule has 0 radical (unpaired) electrons. The van der Waals surface area contributed by atoms with Crippen molar-refractivity contribution < 1.29 is 5.11 Å². The molecule has 0 saturated carbocycles. The average Bonchev–Trinajstić information content (AvgIpc) is 3.20. The standard InChI is InChI=1S/C23H28N2O2S/c1-3-4-5-6-11-19-17(2)24-22(20-12-7-8-13-21(20)26)25(23(19)27)15-14-18-10-9-16-28-18/h7-10,12-13,16,26H,3-6,11,14-15H2,1-2H3. The number of aromatic nitrogens is 2. The van der Waals surface area contributed by atoms with E-state index in [2.05, 4.69) is 18.4 Å². The van der Waals surface area contributed by atoms with Gasteiger partial charge >= 0.3 is 0 Å². The Morgan fingerprint density at radius 1 is 1.07 bits per heavy atom. The van der Waals surface area contributed by atoms with Crippen molar-refractivity contribution in [2.75, 3.05) is 0 Å². The molecule has 1 aromatic carbocycles. The number of hydrogen-bond donors (Lipinski definition) is 1. The molecule has 0 spiro atoms. The third-order valence-electron chi connectivity index (χ3n) is 5.06. The molecule has 0 unspecified atom stereocenters. The number of aromatic hydroxyl groups is 1. The molecule has 0 bridgehead atoms. The number of hydrogen-bond acceptors (Lipinski definition) is 4. The molecule has 0 aliphatic carbocycles. The number of para-hydroxylation sites is 1. The molecule has 2 aromatic heterocycles.